The number of rotatable bonds is 28. The fourth-order valence-corrected chi connectivity index (χ4v) is 13.6. The van der Waals surface area contributed by atoms with Gasteiger partial charge in [0.05, 0.1) is 28.7 Å². The molecule has 0 unspecified atom stereocenters. The first-order valence-corrected chi connectivity index (χ1v) is 32.5. The monoisotopic (exact) mass is 1190 g/mol. The predicted molar refractivity (Wildman–Crippen MR) is 368 cm³/mol. The highest BCUT2D eigenvalue weighted by Crippen LogP contribution is 2.38. The zero-order chi connectivity index (χ0) is 62.5. The number of ether oxygens (including phenoxy) is 1. The van der Waals surface area contributed by atoms with Gasteiger partial charge in [0.15, 0.2) is 21.7 Å². The highest BCUT2D eigenvalue weighted by molar-refractivity contribution is 6.06. The van der Waals surface area contributed by atoms with Crippen LogP contribution < -0.4 is 53.6 Å². The fraction of sp³-hybridized carbons (Fsp3) is 0.351. The van der Waals surface area contributed by atoms with Crippen molar-refractivity contribution in [3.8, 4) is 28.0 Å². The lowest BCUT2D eigenvalue weighted by atomic mass is 9.96. The van der Waals surface area contributed by atoms with Gasteiger partial charge >= 0.3 is 0 Å². The van der Waals surface area contributed by atoms with Crippen LogP contribution in [0.3, 0.4) is 0 Å². The number of benzene rings is 9. The Morgan fingerprint density at radius 1 is 0.303 bits per heavy atom. The van der Waals surface area contributed by atoms with Crippen LogP contribution in [-0.4, -0.2) is 16.2 Å². The van der Waals surface area contributed by atoms with Gasteiger partial charge in [-0.1, -0.05) is 167 Å². The molecule has 0 radical (unpaired) electrons. The van der Waals surface area contributed by atoms with Crippen LogP contribution in [0.25, 0.3) is 86.9 Å². The summed E-state index contributed by atoms with van der Waals surface area (Å²) in [7, 11) is 1.62. The third-order valence-corrected chi connectivity index (χ3v) is 18.7. The molecule has 0 aliphatic rings. The summed E-state index contributed by atoms with van der Waals surface area (Å²) in [6, 6.07) is 39.3. The summed E-state index contributed by atoms with van der Waals surface area (Å²) in [5, 5.41) is 2.17. The molecule has 0 aliphatic heterocycles. The Balaban J connectivity index is 0.901. The van der Waals surface area contributed by atoms with Crippen molar-refractivity contribution in [1.29, 1.82) is 0 Å². The molecule has 0 aliphatic carbocycles. The SMILES string of the molecule is CCCCCCC(CCCCCC)n1c(=O)c2cc3c(=O)c4ccc(-c5ccc(N(c6ccc(OC)cc6)c6ccc(-c7ccc8c(=O)c9cc%10c(=O)n(C(CCCCCC)CCCCCC)c(=O)c%10cc9c(=O)c8c7)cc6)cc5)cc4c(=O)c3cc2c1=O. The molecule has 2 heterocycles. The van der Waals surface area contributed by atoms with Crippen LogP contribution in [0.2, 0.25) is 0 Å². The quantitative estimate of drug-likeness (QED) is 0.0341. The molecule has 0 amide bonds. The van der Waals surface area contributed by atoms with E-state index in [9.17, 15) is 38.4 Å². The fourth-order valence-electron chi connectivity index (χ4n) is 13.6. The molecule has 0 saturated heterocycles. The number of fused-ring (bicyclic) bond motifs is 6. The summed E-state index contributed by atoms with van der Waals surface area (Å²) in [5.74, 6) is 0.688. The summed E-state index contributed by atoms with van der Waals surface area (Å²) in [6.45, 7) is 8.62. The largest absolute Gasteiger partial charge is 0.497 e. The van der Waals surface area contributed by atoms with E-state index in [0.29, 0.717) is 16.9 Å². The van der Waals surface area contributed by atoms with Crippen molar-refractivity contribution in [3.05, 3.63) is 216 Å². The van der Waals surface area contributed by atoms with Crippen LogP contribution >= 0.6 is 0 Å². The first-order valence-electron chi connectivity index (χ1n) is 32.5. The van der Waals surface area contributed by atoms with Gasteiger partial charge in [-0.3, -0.25) is 47.5 Å². The van der Waals surface area contributed by atoms with Crippen molar-refractivity contribution in [2.45, 2.75) is 168 Å². The van der Waals surface area contributed by atoms with E-state index in [4.69, 9.17) is 4.74 Å². The second-order valence-corrected chi connectivity index (χ2v) is 24.5. The first-order chi connectivity index (χ1) is 43.3. The van der Waals surface area contributed by atoms with Crippen molar-refractivity contribution < 1.29 is 4.74 Å². The Morgan fingerprint density at radius 3 is 0.865 bits per heavy atom. The Labute approximate surface area is 517 Å². The van der Waals surface area contributed by atoms with Crippen molar-refractivity contribution in [2.24, 2.45) is 0 Å². The van der Waals surface area contributed by atoms with Gasteiger partial charge in [-0.2, -0.15) is 0 Å². The average Bonchev–Trinajstić information content (AvgIpc) is 1.73. The van der Waals surface area contributed by atoms with Crippen LogP contribution in [0.1, 0.15) is 168 Å². The summed E-state index contributed by atoms with van der Waals surface area (Å²) in [4.78, 5) is 116. The van der Waals surface area contributed by atoms with Gasteiger partial charge in [0.25, 0.3) is 22.2 Å². The number of methoxy groups -OCH3 is 1. The second-order valence-electron chi connectivity index (χ2n) is 24.5. The van der Waals surface area contributed by atoms with Crippen LogP contribution in [0.15, 0.2) is 172 Å². The van der Waals surface area contributed by atoms with Gasteiger partial charge in [-0.15, -0.1) is 0 Å². The van der Waals surface area contributed by atoms with Gasteiger partial charge in [0.2, 0.25) is 0 Å². The highest BCUT2D eigenvalue weighted by Gasteiger charge is 2.26. The van der Waals surface area contributed by atoms with E-state index < -0.39 is 22.2 Å². The van der Waals surface area contributed by atoms with Crippen molar-refractivity contribution in [1.82, 2.24) is 9.13 Å². The minimum Gasteiger partial charge on any atom is -0.497 e. The Kier molecular flexibility index (Phi) is 18.9. The molecular formula is C77H79N3O9. The molecule has 456 valence electrons. The first kappa shape index (κ1) is 61.7. The van der Waals surface area contributed by atoms with Crippen LogP contribution in [-0.2, 0) is 0 Å². The minimum absolute atomic E-state index is 0.124. The molecular weight excluding hydrogens is 1110 g/mol. The third kappa shape index (κ3) is 12.1. The lowest BCUT2D eigenvalue weighted by Crippen LogP contribution is -2.30. The zero-order valence-electron chi connectivity index (χ0n) is 52.0. The number of unbranched alkanes of at least 4 members (excludes halogenated alkanes) is 12. The molecule has 89 heavy (non-hydrogen) atoms. The van der Waals surface area contributed by atoms with Crippen LogP contribution in [0, 0.1) is 0 Å². The van der Waals surface area contributed by atoms with Crippen molar-refractivity contribution in [3.63, 3.8) is 0 Å². The summed E-state index contributed by atoms with van der Waals surface area (Å²) < 4.78 is 8.33. The maximum absolute atomic E-state index is 14.5. The van der Waals surface area contributed by atoms with Gasteiger partial charge < -0.3 is 9.64 Å². The topological polar surface area (TPSA) is 159 Å². The molecule has 11 rings (SSSR count). The average molecular weight is 1190 g/mol. The Bertz CT molecular complexity index is 4540. The molecule has 2 aromatic heterocycles. The number of hydrogen-bond donors (Lipinski definition) is 0. The third-order valence-electron chi connectivity index (χ3n) is 18.7. The molecule has 9 aromatic carbocycles. The van der Waals surface area contributed by atoms with E-state index in [0.717, 1.165) is 157 Å². The maximum atomic E-state index is 14.5. The maximum Gasteiger partial charge on any atom is 0.261 e. The van der Waals surface area contributed by atoms with E-state index >= 15 is 0 Å². The van der Waals surface area contributed by atoms with E-state index in [1.807, 2.05) is 84.9 Å². The van der Waals surface area contributed by atoms with Gasteiger partial charge in [-0.25, -0.2) is 0 Å². The standard InChI is InChI=1S/C77H79N3O9/c1-6-10-14-18-22-52(23-19-15-11-7-2)79-74(85)66-44-62-64(46-68(66)76(79)87)72(83)60-42-50(30-40-58(60)70(62)81)48-26-32-54(33-27-48)78(56-36-38-57(89-5)39-37-56)55-34-28-49(29-35-55)51-31-41-59-61(43-51)73(84)65-47-69-67(45-63(65)71(59)82)75(86)80(77(69)88)53(24-20-16-12-8-3)25-21-17-13-9-4/h26-47,52-53H,6-25H2,1-5H3. The highest BCUT2D eigenvalue weighted by atomic mass is 16.5. The van der Waals surface area contributed by atoms with E-state index in [-0.39, 0.29) is 98.4 Å². The molecule has 12 nitrogen and oxygen atoms in total. The molecule has 12 heteroatoms. The molecule has 0 spiro atoms. The number of anilines is 3. The number of hydrogen-bond acceptors (Lipinski definition) is 10. The second kappa shape index (κ2) is 27.2. The lowest BCUT2D eigenvalue weighted by molar-refractivity contribution is 0.386. The van der Waals surface area contributed by atoms with Gasteiger partial charge in [0, 0.05) is 72.2 Å². The summed E-state index contributed by atoms with van der Waals surface area (Å²) in [6.07, 6.45) is 19.3. The predicted octanol–water partition coefficient (Wildman–Crippen LogP) is 16.6. The molecule has 0 bridgehead atoms. The minimum atomic E-state index is -0.401. The van der Waals surface area contributed by atoms with E-state index in [2.05, 4.69) is 32.6 Å². The lowest BCUT2D eigenvalue weighted by Gasteiger charge is -2.26. The zero-order valence-corrected chi connectivity index (χ0v) is 52.0. The van der Waals surface area contributed by atoms with Gasteiger partial charge in [-0.05, 0) is 145 Å². The number of nitrogens with zero attached hydrogens (tertiary/aromatic N) is 3. The van der Waals surface area contributed by atoms with E-state index in [1.54, 1.807) is 31.4 Å². The van der Waals surface area contributed by atoms with Crippen LogP contribution in [0.4, 0.5) is 17.1 Å². The molecule has 0 N–H and O–H groups in total. The molecule has 0 fully saturated rings. The summed E-state index contributed by atoms with van der Waals surface area (Å²) >= 11 is 0. The summed E-state index contributed by atoms with van der Waals surface area (Å²) in [5.41, 5.74) is 2.41. The van der Waals surface area contributed by atoms with Gasteiger partial charge in [0.1, 0.15) is 5.75 Å². The molecule has 11 aromatic rings. The van der Waals surface area contributed by atoms with Crippen molar-refractivity contribution >= 4 is 81.7 Å². The number of aromatic nitrogens is 2. The molecule has 0 atom stereocenters. The van der Waals surface area contributed by atoms with Crippen LogP contribution in [0.5, 0.6) is 5.75 Å². The van der Waals surface area contributed by atoms with E-state index in [1.165, 1.54) is 33.4 Å². The Hall–Kier alpha value is -8.90. The Morgan fingerprint density at radius 2 is 0.573 bits per heavy atom. The smallest absolute Gasteiger partial charge is 0.261 e. The molecule has 0 saturated carbocycles. The normalized spacial score (nSPS) is 12.0. The van der Waals surface area contributed by atoms with Crippen molar-refractivity contribution in [2.75, 3.05) is 12.0 Å².